The molecule has 0 unspecified atom stereocenters. The largest absolute Gasteiger partial charge is 0.497 e. The quantitative estimate of drug-likeness (QED) is 0.795. The van der Waals surface area contributed by atoms with Gasteiger partial charge in [0.05, 0.1) is 19.9 Å². The molecule has 4 nitrogen and oxygen atoms in total. The molecular formula is C15H20N2O2S. The van der Waals surface area contributed by atoms with Gasteiger partial charge in [-0.05, 0) is 25.1 Å². The number of nitrogens with zero attached hydrogens (tertiary/aromatic N) is 1. The molecule has 1 heterocycles. The van der Waals surface area contributed by atoms with Crippen LogP contribution in [0.1, 0.15) is 18.4 Å². The van der Waals surface area contributed by atoms with Crippen LogP contribution in [0.15, 0.2) is 23.6 Å². The third-order valence-corrected chi connectivity index (χ3v) is 3.79. The van der Waals surface area contributed by atoms with Crippen LogP contribution in [-0.2, 0) is 6.54 Å². The third-order valence-electron chi connectivity index (χ3n) is 2.94. The number of aromatic nitrogens is 1. The van der Waals surface area contributed by atoms with Crippen LogP contribution in [0, 0.1) is 0 Å². The van der Waals surface area contributed by atoms with Crippen LogP contribution in [0.2, 0.25) is 0 Å². The van der Waals surface area contributed by atoms with Crippen molar-refractivity contribution in [2.45, 2.75) is 19.9 Å². The summed E-state index contributed by atoms with van der Waals surface area (Å²) in [6, 6.07) is 5.78. The minimum atomic E-state index is 0.780. The maximum atomic E-state index is 5.42. The van der Waals surface area contributed by atoms with Gasteiger partial charge in [-0.15, -0.1) is 11.3 Å². The van der Waals surface area contributed by atoms with E-state index >= 15 is 0 Å². The first-order valence-electron chi connectivity index (χ1n) is 6.66. The highest BCUT2D eigenvalue weighted by Crippen LogP contribution is 2.33. The highest BCUT2D eigenvalue weighted by molar-refractivity contribution is 7.09. The fourth-order valence-corrected chi connectivity index (χ4v) is 2.66. The van der Waals surface area contributed by atoms with Gasteiger partial charge in [0.25, 0.3) is 0 Å². The summed E-state index contributed by atoms with van der Waals surface area (Å²) in [6.07, 6.45) is 1.13. The molecule has 0 amide bonds. The van der Waals surface area contributed by atoms with Gasteiger partial charge in [0.2, 0.25) is 0 Å². The van der Waals surface area contributed by atoms with Crippen LogP contribution in [0.5, 0.6) is 11.5 Å². The molecule has 1 aromatic carbocycles. The molecule has 0 aliphatic rings. The van der Waals surface area contributed by atoms with Crippen molar-refractivity contribution < 1.29 is 9.47 Å². The van der Waals surface area contributed by atoms with Gasteiger partial charge in [0, 0.05) is 23.6 Å². The average Bonchev–Trinajstić information content (AvgIpc) is 2.95. The van der Waals surface area contributed by atoms with E-state index in [1.165, 1.54) is 0 Å². The Morgan fingerprint density at radius 1 is 1.25 bits per heavy atom. The zero-order chi connectivity index (χ0) is 14.4. The molecule has 0 atom stereocenters. The van der Waals surface area contributed by atoms with E-state index in [2.05, 4.69) is 22.6 Å². The zero-order valence-corrected chi connectivity index (χ0v) is 12.9. The Morgan fingerprint density at radius 3 is 2.80 bits per heavy atom. The Kier molecular flexibility index (Phi) is 5.38. The van der Waals surface area contributed by atoms with E-state index in [0.29, 0.717) is 0 Å². The number of nitrogens with one attached hydrogen (secondary N) is 1. The molecule has 20 heavy (non-hydrogen) atoms. The molecule has 2 aromatic rings. The Balaban J connectivity index is 2.18. The van der Waals surface area contributed by atoms with Crippen molar-refractivity contribution in [3.8, 4) is 22.8 Å². The van der Waals surface area contributed by atoms with Crippen molar-refractivity contribution in [1.29, 1.82) is 0 Å². The number of methoxy groups -OCH3 is 2. The molecule has 0 radical (unpaired) electrons. The molecule has 0 saturated heterocycles. The number of rotatable bonds is 7. The van der Waals surface area contributed by atoms with E-state index < -0.39 is 0 Å². The predicted octanol–water partition coefficient (Wildman–Crippen LogP) is 3.33. The Hall–Kier alpha value is -1.59. The minimum Gasteiger partial charge on any atom is -0.497 e. The summed E-state index contributed by atoms with van der Waals surface area (Å²) in [5, 5.41) is 6.51. The van der Waals surface area contributed by atoms with Crippen LogP contribution in [-0.4, -0.2) is 25.7 Å². The lowest BCUT2D eigenvalue weighted by molar-refractivity contribution is 0.395. The molecule has 0 saturated carbocycles. The topological polar surface area (TPSA) is 43.4 Å². The minimum absolute atomic E-state index is 0.780. The van der Waals surface area contributed by atoms with Crippen LogP contribution in [0.25, 0.3) is 11.3 Å². The van der Waals surface area contributed by atoms with Crippen LogP contribution in [0.3, 0.4) is 0 Å². The van der Waals surface area contributed by atoms with Crippen LogP contribution >= 0.6 is 11.3 Å². The Morgan fingerprint density at radius 2 is 2.10 bits per heavy atom. The molecule has 5 heteroatoms. The lowest BCUT2D eigenvalue weighted by atomic mass is 10.1. The summed E-state index contributed by atoms with van der Waals surface area (Å²) in [4.78, 5) is 4.65. The van der Waals surface area contributed by atoms with Crippen LogP contribution < -0.4 is 14.8 Å². The fraction of sp³-hybridized carbons (Fsp3) is 0.400. The summed E-state index contributed by atoms with van der Waals surface area (Å²) >= 11 is 1.66. The Bertz CT molecular complexity index is 555. The molecule has 1 aromatic heterocycles. The van der Waals surface area contributed by atoms with Gasteiger partial charge in [-0.3, -0.25) is 0 Å². The normalized spacial score (nSPS) is 10.6. The van der Waals surface area contributed by atoms with Crippen molar-refractivity contribution in [2.24, 2.45) is 0 Å². The van der Waals surface area contributed by atoms with Gasteiger partial charge in [-0.1, -0.05) is 6.92 Å². The number of thiazole rings is 1. The zero-order valence-electron chi connectivity index (χ0n) is 12.1. The SMILES string of the molecule is CCCNCc1nc(-c2ccc(OC)cc2OC)cs1. The van der Waals surface area contributed by atoms with Crippen molar-refractivity contribution in [3.63, 3.8) is 0 Å². The standard InChI is InChI=1S/C15H20N2O2S/c1-4-7-16-9-15-17-13(10-20-15)12-6-5-11(18-2)8-14(12)19-3/h5-6,8,10,16H,4,7,9H2,1-3H3. The third kappa shape index (κ3) is 3.49. The van der Waals surface area contributed by atoms with E-state index in [1.807, 2.05) is 18.2 Å². The summed E-state index contributed by atoms with van der Waals surface area (Å²) in [6.45, 7) is 3.99. The first kappa shape index (κ1) is 14.8. The van der Waals surface area contributed by atoms with Gasteiger partial charge >= 0.3 is 0 Å². The first-order chi connectivity index (χ1) is 9.78. The number of benzene rings is 1. The van der Waals surface area contributed by atoms with E-state index in [1.54, 1.807) is 25.6 Å². The van der Waals surface area contributed by atoms with Gasteiger partial charge in [0.1, 0.15) is 16.5 Å². The lowest BCUT2D eigenvalue weighted by Gasteiger charge is -2.08. The molecule has 2 rings (SSSR count). The van der Waals surface area contributed by atoms with Crippen LogP contribution in [0.4, 0.5) is 0 Å². The van der Waals surface area contributed by atoms with Gasteiger partial charge < -0.3 is 14.8 Å². The maximum absolute atomic E-state index is 5.42. The monoisotopic (exact) mass is 292 g/mol. The second-order valence-corrected chi connectivity index (χ2v) is 5.31. The highest BCUT2D eigenvalue weighted by atomic mass is 32.1. The second-order valence-electron chi connectivity index (χ2n) is 4.37. The molecule has 0 bridgehead atoms. The number of hydrogen-bond donors (Lipinski definition) is 1. The smallest absolute Gasteiger partial charge is 0.131 e. The molecule has 0 fully saturated rings. The Labute approximate surface area is 123 Å². The van der Waals surface area contributed by atoms with Crippen molar-refractivity contribution >= 4 is 11.3 Å². The number of hydrogen-bond acceptors (Lipinski definition) is 5. The summed E-state index contributed by atoms with van der Waals surface area (Å²) in [5.74, 6) is 1.56. The van der Waals surface area contributed by atoms with Gasteiger partial charge in [0.15, 0.2) is 0 Å². The van der Waals surface area contributed by atoms with E-state index in [4.69, 9.17) is 9.47 Å². The van der Waals surface area contributed by atoms with E-state index in [0.717, 1.165) is 47.3 Å². The van der Waals surface area contributed by atoms with Gasteiger partial charge in [-0.25, -0.2) is 4.98 Å². The summed E-state index contributed by atoms with van der Waals surface area (Å²) in [5.41, 5.74) is 1.94. The fourth-order valence-electron chi connectivity index (χ4n) is 1.90. The van der Waals surface area contributed by atoms with E-state index in [9.17, 15) is 0 Å². The maximum Gasteiger partial charge on any atom is 0.131 e. The molecule has 108 valence electrons. The first-order valence-corrected chi connectivity index (χ1v) is 7.54. The highest BCUT2D eigenvalue weighted by Gasteiger charge is 2.11. The summed E-state index contributed by atoms with van der Waals surface area (Å²) < 4.78 is 10.6. The molecule has 1 N–H and O–H groups in total. The molecule has 0 aliphatic carbocycles. The van der Waals surface area contributed by atoms with E-state index in [-0.39, 0.29) is 0 Å². The predicted molar refractivity (Wildman–Crippen MR) is 82.7 cm³/mol. The average molecular weight is 292 g/mol. The molecule has 0 aliphatic heterocycles. The van der Waals surface area contributed by atoms with Gasteiger partial charge in [-0.2, -0.15) is 0 Å². The molecular weight excluding hydrogens is 272 g/mol. The van der Waals surface area contributed by atoms with Crippen molar-refractivity contribution in [1.82, 2.24) is 10.3 Å². The summed E-state index contributed by atoms with van der Waals surface area (Å²) in [7, 11) is 3.31. The van der Waals surface area contributed by atoms with Crippen molar-refractivity contribution in [3.05, 3.63) is 28.6 Å². The lowest BCUT2D eigenvalue weighted by Crippen LogP contribution is -2.13. The second kappa shape index (κ2) is 7.26. The van der Waals surface area contributed by atoms with Crippen molar-refractivity contribution in [2.75, 3.05) is 20.8 Å². The molecule has 0 spiro atoms. The number of ether oxygens (including phenoxy) is 2.